The van der Waals surface area contributed by atoms with E-state index in [0.29, 0.717) is 5.75 Å². The van der Waals surface area contributed by atoms with E-state index >= 15 is 0 Å². The van der Waals surface area contributed by atoms with Crippen LogP contribution in [0.3, 0.4) is 0 Å². The smallest absolute Gasteiger partial charge is 0.115 e. The summed E-state index contributed by atoms with van der Waals surface area (Å²) < 4.78 is 0. The van der Waals surface area contributed by atoms with Crippen LogP contribution in [0.5, 0.6) is 5.75 Å². The van der Waals surface area contributed by atoms with Crippen molar-refractivity contribution in [3.63, 3.8) is 0 Å². The van der Waals surface area contributed by atoms with Crippen LogP contribution in [-0.2, 0) is 0 Å². The zero-order valence-corrected chi connectivity index (χ0v) is 6.54. The summed E-state index contributed by atoms with van der Waals surface area (Å²) in [4.78, 5) is 0. The standard InChI is InChI=1S/C10H11O/c1-8(2)7-9-3-5-10(11)6-4-9/h3-7,11H,1H2,2H3/b8-7+. The van der Waals surface area contributed by atoms with Crippen molar-refractivity contribution in [2.45, 2.75) is 6.92 Å². The molecule has 0 spiro atoms. The van der Waals surface area contributed by atoms with Crippen molar-refractivity contribution in [3.05, 3.63) is 42.3 Å². The van der Waals surface area contributed by atoms with Crippen LogP contribution in [0, 0.1) is 6.92 Å². The van der Waals surface area contributed by atoms with Crippen molar-refractivity contribution < 1.29 is 5.11 Å². The number of phenols is 1. The highest BCUT2D eigenvalue weighted by molar-refractivity contribution is 5.53. The zero-order valence-electron chi connectivity index (χ0n) is 6.54. The molecule has 1 radical (unpaired) electrons. The molecule has 1 nitrogen and oxygen atoms in total. The predicted molar refractivity (Wildman–Crippen MR) is 47.1 cm³/mol. The Morgan fingerprint density at radius 2 is 1.91 bits per heavy atom. The number of benzene rings is 1. The van der Waals surface area contributed by atoms with E-state index in [4.69, 9.17) is 5.11 Å². The topological polar surface area (TPSA) is 20.2 Å². The van der Waals surface area contributed by atoms with Gasteiger partial charge in [0.1, 0.15) is 5.75 Å². The molecule has 1 heteroatoms. The van der Waals surface area contributed by atoms with Crippen molar-refractivity contribution in [2.75, 3.05) is 0 Å². The lowest BCUT2D eigenvalue weighted by molar-refractivity contribution is 0.475. The molecule has 0 bridgehead atoms. The van der Waals surface area contributed by atoms with Gasteiger partial charge in [0.25, 0.3) is 0 Å². The Hall–Kier alpha value is -1.24. The van der Waals surface area contributed by atoms with Gasteiger partial charge in [-0.1, -0.05) is 23.8 Å². The summed E-state index contributed by atoms with van der Waals surface area (Å²) in [7, 11) is 0. The van der Waals surface area contributed by atoms with Crippen LogP contribution in [0.15, 0.2) is 29.8 Å². The molecule has 0 atom stereocenters. The van der Waals surface area contributed by atoms with Crippen LogP contribution >= 0.6 is 0 Å². The number of hydrogen-bond donors (Lipinski definition) is 1. The third-order valence-electron chi connectivity index (χ3n) is 1.31. The molecule has 0 aromatic heterocycles. The van der Waals surface area contributed by atoms with Crippen molar-refractivity contribution in [1.29, 1.82) is 0 Å². The molecular weight excluding hydrogens is 136 g/mol. The minimum atomic E-state index is 0.295. The van der Waals surface area contributed by atoms with Crippen LogP contribution in [-0.4, -0.2) is 5.11 Å². The van der Waals surface area contributed by atoms with E-state index in [0.717, 1.165) is 11.1 Å². The lowest BCUT2D eigenvalue weighted by Gasteiger charge is -1.94. The van der Waals surface area contributed by atoms with Crippen LogP contribution < -0.4 is 0 Å². The normalized spacial score (nSPS) is 11.6. The van der Waals surface area contributed by atoms with Gasteiger partial charge in [-0.25, -0.2) is 0 Å². The van der Waals surface area contributed by atoms with E-state index in [-0.39, 0.29) is 0 Å². The van der Waals surface area contributed by atoms with Crippen molar-refractivity contribution in [3.8, 4) is 5.75 Å². The highest BCUT2D eigenvalue weighted by atomic mass is 16.3. The van der Waals surface area contributed by atoms with Crippen LogP contribution in [0.25, 0.3) is 6.08 Å². The fourth-order valence-corrected chi connectivity index (χ4v) is 0.855. The first-order valence-electron chi connectivity index (χ1n) is 3.48. The molecule has 57 valence electrons. The number of rotatable bonds is 1. The Bertz CT molecular complexity index is 253. The van der Waals surface area contributed by atoms with Gasteiger partial charge in [0.2, 0.25) is 0 Å². The fourth-order valence-electron chi connectivity index (χ4n) is 0.855. The molecule has 0 unspecified atom stereocenters. The van der Waals surface area contributed by atoms with Gasteiger partial charge in [0.05, 0.1) is 0 Å². The Balaban J connectivity index is 2.91. The van der Waals surface area contributed by atoms with Crippen LogP contribution in [0.2, 0.25) is 0 Å². The first kappa shape index (κ1) is 7.86. The molecule has 0 fully saturated rings. The van der Waals surface area contributed by atoms with E-state index in [1.165, 1.54) is 0 Å². The first-order valence-corrected chi connectivity index (χ1v) is 3.48. The second kappa shape index (κ2) is 3.24. The number of hydrogen-bond acceptors (Lipinski definition) is 1. The quantitative estimate of drug-likeness (QED) is 0.647. The van der Waals surface area contributed by atoms with Crippen molar-refractivity contribution >= 4 is 6.08 Å². The molecule has 0 aliphatic heterocycles. The summed E-state index contributed by atoms with van der Waals surface area (Å²) >= 11 is 0. The molecule has 0 amide bonds. The third-order valence-corrected chi connectivity index (χ3v) is 1.31. The average molecular weight is 147 g/mol. The molecule has 1 aromatic rings. The molecule has 0 saturated heterocycles. The molecule has 1 rings (SSSR count). The zero-order chi connectivity index (χ0) is 8.27. The van der Waals surface area contributed by atoms with Gasteiger partial charge in [-0.15, -0.1) is 0 Å². The highest BCUT2D eigenvalue weighted by Crippen LogP contribution is 2.11. The maximum absolute atomic E-state index is 8.95. The molecule has 0 heterocycles. The monoisotopic (exact) mass is 147 g/mol. The molecular formula is C10H11O. The van der Waals surface area contributed by atoms with E-state index in [2.05, 4.69) is 6.92 Å². The minimum Gasteiger partial charge on any atom is -0.508 e. The number of phenolic OH excluding ortho intramolecular Hbond substituents is 1. The van der Waals surface area contributed by atoms with E-state index in [1.807, 2.05) is 25.1 Å². The minimum absolute atomic E-state index is 0.295. The Morgan fingerprint density at radius 1 is 1.36 bits per heavy atom. The van der Waals surface area contributed by atoms with Gasteiger partial charge in [-0.3, -0.25) is 0 Å². The fraction of sp³-hybridized carbons (Fsp3) is 0.100. The largest absolute Gasteiger partial charge is 0.508 e. The average Bonchev–Trinajstić information content (AvgIpc) is 1.93. The summed E-state index contributed by atoms with van der Waals surface area (Å²) in [5, 5.41) is 8.95. The van der Waals surface area contributed by atoms with Crippen LogP contribution in [0.1, 0.15) is 12.5 Å². The van der Waals surface area contributed by atoms with E-state index in [9.17, 15) is 0 Å². The second-order valence-corrected chi connectivity index (χ2v) is 2.58. The van der Waals surface area contributed by atoms with Gasteiger partial charge in [0, 0.05) is 0 Å². The van der Waals surface area contributed by atoms with Gasteiger partial charge in [0.15, 0.2) is 0 Å². The SMILES string of the molecule is [CH2]/C(C)=C\c1ccc(O)cc1. The molecule has 1 N–H and O–H groups in total. The Kier molecular flexibility index (Phi) is 2.32. The number of aromatic hydroxyl groups is 1. The summed E-state index contributed by atoms with van der Waals surface area (Å²) in [5.74, 6) is 0.295. The highest BCUT2D eigenvalue weighted by Gasteiger charge is 1.87. The first-order chi connectivity index (χ1) is 5.18. The molecule has 11 heavy (non-hydrogen) atoms. The Labute approximate surface area is 67.0 Å². The van der Waals surface area contributed by atoms with Crippen molar-refractivity contribution in [1.82, 2.24) is 0 Å². The van der Waals surface area contributed by atoms with Gasteiger partial charge in [-0.05, 0) is 31.5 Å². The summed E-state index contributed by atoms with van der Waals surface area (Å²) in [5.41, 5.74) is 2.07. The van der Waals surface area contributed by atoms with Gasteiger partial charge >= 0.3 is 0 Å². The summed E-state index contributed by atoms with van der Waals surface area (Å²) in [6.45, 7) is 5.69. The van der Waals surface area contributed by atoms with Crippen molar-refractivity contribution in [2.24, 2.45) is 0 Å². The maximum Gasteiger partial charge on any atom is 0.115 e. The van der Waals surface area contributed by atoms with Gasteiger partial charge < -0.3 is 5.11 Å². The van der Waals surface area contributed by atoms with Gasteiger partial charge in [-0.2, -0.15) is 0 Å². The van der Waals surface area contributed by atoms with Crippen LogP contribution in [0.4, 0.5) is 0 Å². The maximum atomic E-state index is 8.95. The van der Waals surface area contributed by atoms with E-state index < -0.39 is 0 Å². The number of allylic oxidation sites excluding steroid dienone is 1. The lowest BCUT2D eigenvalue weighted by atomic mass is 10.1. The summed E-state index contributed by atoms with van der Waals surface area (Å²) in [6.07, 6.45) is 1.96. The molecule has 1 aromatic carbocycles. The lowest BCUT2D eigenvalue weighted by Crippen LogP contribution is -1.71. The Morgan fingerprint density at radius 3 is 2.36 bits per heavy atom. The molecule has 0 saturated carbocycles. The third kappa shape index (κ3) is 2.46. The predicted octanol–water partition coefficient (Wildman–Crippen LogP) is 2.63. The summed E-state index contributed by atoms with van der Waals surface area (Å²) in [6, 6.07) is 7.03. The molecule has 0 aliphatic carbocycles. The van der Waals surface area contributed by atoms with E-state index in [1.54, 1.807) is 12.1 Å². The second-order valence-electron chi connectivity index (χ2n) is 2.58. The molecule has 0 aliphatic rings.